The molecule has 7 rings (SSSR count). The molecule has 0 radical (unpaired) electrons. The molecule has 1 unspecified atom stereocenters. The van der Waals surface area contributed by atoms with Gasteiger partial charge in [-0.15, -0.1) is 5.10 Å². The number of rotatable bonds is 9. The number of nitrogens with zero attached hydrogens (tertiary/aromatic N) is 6. The van der Waals surface area contributed by atoms with E-state index in [4.69, 9.17) is 14.6 Å². The molecule has 3 heterocycles. The summed E-state index contributed by atoms with van der Waals surface area (Å²) in [5.41, 5.74) is 7.95. The molecule has 0 bridgehead atoms. The summed E-state index contributed by atoms with van der Waals surface area (Å²) in [6, 6.07) is 25.9. The summed E-state index contributed by atoms with van der Waals surface area (Å²) in [6.07, 6.45) is 5.48. The van der Waals surface area contributed by atoms with Gasteiger partial charge >= 0.3 is 5.97 Å². The molecule has 2 aliphatic rings. The molecule has 0 spiro atoms. The molecule has 2 aromatic heterocycles. The van der Waals surface area contributed by atoms with Crippen molar-refractivity contribution in [3.05, 3.63) is 113 Å². The molecule has 1 fully saturated rings. The van der Waals surface area contributed by atoms with Gasteiger partial charge in [0.2, 0.25) is 0 Å². The predicted octanol–water partition coefficient (Wildman–Crippen LogP) is 6.46. The van der Waals surface area contributed by atoms with Crippen LogP contribution in [0.2, 0.25) is 0 Å². The molecule has 0 N–H and O–H groups in total. The topological polar surface area (TPSA) is 87.3 Å². The van der Waals surface area contributed by atoms with Crippen LogP contribution in [0.5, 0.6) is 5.75 Å². The van der Waals surface area contributed by atoms with Gasteiger partial charge in [0.25, 0.3) is 0 Å². The van der Waals surface area contributed by atoms with Crippen LogP contribution in [-0.2, 0) is 18.3 Å². The summed E-state index contributed by atoms with van der Waals surface area (Å²) >= 11 is 0. The molecule has 0 amide bonds. The summed E-state index contributed by atoms with van der Waals surface area (Å²) in [5.74, 6) is 0.936. The van der Waals surface area contributed by atoms with E-state index in [1.165, 1.54) is 11.1 Å². The van der Waals surface area contributed by atoms with Gasteiger partial charge in [-0.2, -0.15) is 5.10 Å². The van der Waals surface area contributed by atoms with E-state index in [2.05, 4.69) is 82.8 Å². The first-order chi connectivity index (χ1) is 22.0. The lowest BCUT2D eigenvalue weighted by Gasteiger charge is -2.29. The standard InChI is InChI=1S/C36H38N6O3/c1-4-33-28-14-6-7-15-34(28)45-17-16-41(33)22-24-10-8-11-25(18-24)26-12-9-13-27(19-26)42-35(31(21-37-42)36(43)44-5-2)30-20-29(30)32-23-40(3)39-38-32/h6-15,18-19,21,23,29-30,33H,4-5,16-17,20,22H2,1-3H3/t29-,30-,33?/m1/s1. The number of carbonyl (C=O) groups is 1. The van der Waals surface area contributed by atoms with E-state index in [1.54, 1.807) is 10.9 Å². The third kappa shape index (κ3) is 5.76. The van der Waals surface area contributed by atoms with Crippen LogP contribution in [0.4, 0.5) is 0 Å². The fraction of sp³-hybridized carbons (Fsp3) is 0.333. The van der Waals surface area contributed by atoms with Crippen LogP contribution in [0.15, 0.2) is 85.2 Å². The Hall–Kier alpha value is -4.76. The largest absolute Gasteiger partial charge is 0.492 e. The maximum absolute atomic E-state index is 13.0. The van der Waals surface area contributed by atoms with Gasteiger partial charge in [0.05, 0.1) is 29.9 Å². The highest BCUT2D eigenvalue weighted by Gasteiger charge is 2.46. The van der Waals surface area contributed by atoms with E-state index in [1.807, 2.05) is 37.0 Å². The Morgan fingerprint density at radius 2 is 1.82 bits per heavy atom. The number of esters is 1. The highest BCUT2D eigenvalue weighted by molar-refractivity contribution is 5.91. The van der Waals surface area contributed by atoms with Crippen molar-refractivity contribution < 1.29 is 14.3 Å². The molecule has 1 aliphatic heterocycles. The SMILES string of the molecule is CCOC(=O)c1cnn(-c2cccc(-c3cccc(CN4CCOc5ccccc5C4CC)c3)c2)c1[C@@H]1C[C@H]1c1cn(C)nn1. The number of hydrogen-bond acceptors (Lipinski definition) is 7. The number of hydrogen-bond donors (Lipinski definition) is 0. The third-order valence-electron chi connectivity index (χ3n) is 8.92. The lowest BCUT2D eigenvalue weighted by atomic mass is 9.99. The normalized spacial score (nSPS) is 19.4. The molecule has 230 valence electrons. The van der Waals surface area contributed by atoms with Crippen molar-refractivity contribution >= 4 is 5.97 Å². The molecule has 3 atom stereocenters. The van der Waals surface area contributed by atoms with Crippen LogP contribution in [-0.4, -0.2) is 55.4 Å². The zero-order valence-corrected chi connectivity index (χ0v) is 26.0. The molecular weight excluding hydrogens is 564 g/mol. The van der Waals surface area contributed by atoms with Gasteiger partial charge < -0.3 is 9.47 Å². The van der Waals surface area contributed by atoms with E-state index in [9.17, 15) is 4.79 Å². The number of fused-ring (bicyclic) bond motifs is 1. The van der Waals surface area contributed by atoms with Crippen LogP contribution in [0, 0.1) is 0 Å². The van der Waals surface area contributed by atoms with Gasteiger partial charge in [0.1, 0.15) is 17.9 Å². The van der Waals surface area contributed by atoms with Crippen molar-refractivity contribution in [1.82, 2.24) is 29.7 Å². The van der Waals surface area contributed by atoms with Gasteiger partial charge in [-0.3, -0.25) is 9.58 Å². The lowest BCUT2D eigenvalue weighted by Crippen LogP contribution is -2.29. The zero-order chi connectivity index (χ0) is 30.9. The Morgan fingerprint density at radius 1 is 1.00 bits per heavy atom. The van der Waals surface area contributed by atoms with Gasteiger partial charge in [-0.25, -0.2) is 9.48 Å². The Labute approximate surface area is 263 Å². The summed E-state index contributed by atoms with van der Waals surface area (Å²) in [4.78, 5) is 15.5. The van der Waals surface area contributed by atoms with E-state index < -0.39 is 0 Å². The first kappa shape index (κ1) is 29.0. The van der Waals surface area contributed by atoms with Crippen molar-refractivity contribution in [2.45, 2.75) is 51.1 Å². The van der Waals surface area contributed by atoms with Gasteiger partial charge in [-0.1, -0.05) is 60.7 Å². The van der Waals surface area contributed by atoms with Crippen molar-refractivity contribution in [3.8, 4) is 22.6 Å². The molecule has 1 saturated carbocycles. The summed E-state index contributed by atoms with van der Waals surface area (Å²) in [7, 11) is 1.87. The minimum absolute atomic E-state index is 0.102. The molecule has 45 heavy (non-hydrogen) atoms. The van der Waals surface area contributed by atoms with Crippen molar-refractivity contribution in [3.63, 3.8) is 0 Å². The van der Waals surface area contributed by atoms with Gasteiger partial charge in [0, 0.05) is 49.8 Å². The second kappa shape index (κ2) is 12.3. The molecule has 3 aromatic carbocycles. The molecule has 5 aromatic rings. The molecule has 0 saturated heterocycles. The van der Waals surface area contributed by atoms with Crippen LogP contribution >= 0.6 is 0 Å². The Morgan fingerprint density at radius 3 is 2.62 bits per heavy atom. The lowest BCUT2D eigenvalue weighted by molar-refractivity contribution is 0.0525. The zero-order valence-electron chi connectivity index (χ0n) is 26.0. The molecule has 9 heteroatoms. The molecule has 1 aliphatic carbocycles. The van der Waals surface area contributed by atoms with E-state index >= 15 is 0 Å². The second-order valence-corrected chi connectivity index (χ2v) is 11.9. The first-order valence-electron chi connectivity index (χ1n) is 15.8. The second-order valence-electron chi connectivity index (χ2n) is 11.9. The number of ether oxygens (including phenoxy) is 2. The number of aryl methyl sites for hydroxylation is 1. The summed E-state index contributed by atoms with van der Waals surface area (Å²) < 4.78 is 15.1. The minimum atomic E-state index is -0.348. The average Bonchev–Trinajstić information content (AvgIpc) is 3.58. The Balaban J connectivity index is 1.18. The minimum Gasteiger partial charge on any atom is -0.492 e. The highest BCUT2D eigenvalue weighted by atomic mass is 16.5. The van der Waals surface area contributed by atoms with E-state index in [-0.39, 0.29) is 17.8 Å². The van der Waals surface area contributed by atoms with Gasteiger partial charge in [0.15, 0.2) is 0 Å². The van der Waals surface area contributed by atoms with E-state index in [0.717, 1.165) is 59.9 Å². The fourth-order valence-electron chi connectivity index (χ4n) is 6.73. The molecule has 9 nitrogen and oxygen atoms in total. The average molecular weight is 603 g/mol. The van der Waals surface area contributed by atoms with Crippen molar-refractivity contribution in [2.75, 3.05) is 19.8 Å². The first-order valence-corrected chi connectivity index (χ1v) is 15.8. The van der Waals surface area contributed by atoms with Gasteiger partial charge in [-0.05, 0) is 60.7 Å². The number of carbonyl (C=O) groups excluding carboxylic acids is 1. The van der Waals surface area contributed by atoms with Crippen LogP contribution in [0.1, 0.15) is 77.4 Å². The van der Waals surface area contributed by atoms with Crippen LogP contribution in [0.3, 0.4) is 0 Å². The Bertz CT molecular complexity index is 1830. The van der Waals surface area contributed by atoms with E-state index in [0.29, 0.717) is 24.8 Å². The van der Waals surface area contributed by atoms with Crippen LogP contribution in [0.25, 0.3) is 16.8 Å². The fourth-order valence-corrected chi connectivity index (χ4v) is 6.73. The summed E-state index contributed by atoms with van der Waals surface area (Å²) in [6.45, 7) is 6.75. The highest BCUT2D eigenvalue weighted by Crippen LogP contribution is 2.55. The smallest absolute Gasteiger partial charge is 0.341 e. The predicted molar refractivity (Wildman–Crippen MR) is 171 cm³/mol. The number of aromatic nitrogens is 5. The maximum Gasteiger partial charge on any atom is 0.341 e. The van der Waals surface area contributed by atoms with Crippen molar-refractivity contribution in [1.29, 1.82) is 0 Å². The van der Waals surface area contributed by atoms with Crippen LogP contribution < -0.4 is 4.74 Å². The quantitative estimate of drug-likeness (QED) is 0.179. The molecular formula is C36H38N6O3. The Kier molecular flexibility index (Phi) is 7.94. The summed E-state index contributed by atoms with van der Waals surface area (Å²) in [5, 5.41) is 13.2. The number of benzene rings is 3. The monoisotopic (exact) mass is 602 g/mol. The maximum atomic E-state index is 13.0. The third-order valence-corrected chi connectivity index (χ3v) is 8.92. The van der Waals surface area contributed by atoms with Crippen molar-refractivity contribution in [2.24, 2.45) is 7.05 Å². The number of para-hydroxylation sites is 1.